The van der Waals surface area contributed by atoms with Gasteiger partial charge >= 0.3 is 0 Å². The van der Waals surface area contributed by atoms with Gasteiger partial charge in [0, 0.05) is 19.0 Å². The van der Waals surface area contributed by atoms with Gasteiger partial charge in [-0.2, -0.15) is 0 Å². The van der Waals surface area contributed by atoms with Crippen molar-refractivity contribution >= 4 is 29.1 Å². The van der Waals surface area contributed by atoms with E-state index < -0.39 is 5.66 Å². The normalized spacial score (nSPS) is 22.5. The van der Waals surface area contributed by atoms with Crippen molar-refractivity contribution in [2.24, 2.45) is 5.92 Å². The maximum absolute atomic E-state index is 11.3. The minimum absolute atomic E-state index is 0.0573. The molecule has 1 fully saturated rings. The summed E-state index contributed by atoms with van der Waals surface area (Å²) in [6.45, 7) is 5.01. The average molecular weight is 423 g/mol. The van der Waals surface area contributed by atoms with Gasteiger partial charge in [-0.1, -0.05) is 35.3 Å². The minimum Gasteiger partial charge on any atom is -0.366 e. The van der Waals surface area contributed by atoms with Gasteiger partial charge in [-0.3, -0.25) is 10.1 Å². The second-order valence-corrected chi connectivity index (χ2v) is 8.21. The van der Waals surface area contributed by atoms with Crippen LogP contribution in [0, 0.1) is 5.92 Å². The van der Waals surface area contributed by atoms with E-state index in [9.17, 15) is 4.79 Å². The second-order valence-electron chi connectivity index (χ2n) is 7.42. The van der Waals surface area contributed by atoms with Crippen LogP contribution < -0.4 is 21.3 Å². The van der Waals surface area contributed by atoms with Crippen LogP contribution >= 0.6 is 23.2 Å². The molecule has 0 spiro atoms. The van der Waals surface area contributed by atoms with Gasteiger partial charge in [-0.15, -0.1) is 0 Å². The van der Waals surface area contributed by atoms with Gasteiger partial charge in [0.1, 0.15) is 5.66 Å². The van der Waals surface area contributed by atoms with E-state index in [2.05, 4.69) is 27.3 Å². The number of carbonyl (C=O) groups excluding carboxylic acids is 1. The molecule has 1 atom stereocenters. The highest BCUT2D eigenvalue weighted by Crippen LogP contribution is 2.35. The number of halogens is 2. The summed E-state index contributed by atoms with van der Waals surface area (Å²) in [5, 5.41) is 14.4. The number of hydrogen-bond donors (Lipinski definition) is 4. The Bertz CT molecular complexity index is 759. The number of piperidine rings is 1. The first-order chi connectivity index (χ1) is 13.5. The quantitative estimate of drug-likeness (QED) is 0.544. The fraction of sp³-hybridized carbons (Fsp3) is 0.476. The monoisotopic (exact) mass is 422 g/mol. The summed E-state index contributed by atoms with van der Waals surface area (Å²) < 4.78 is 0. The van der Waals surface area contributed by atoms with Crippen molar-refractivity contribution in [2.45, 2.75) is 31.8 Å². The van der Waals surface area contributed by atoms with Crippen LogP contribution in [0.15, 0.2) is 42.1 Å². The summed E-state index contributed by atoms with van der Waals surface area (Å²) in [7, 11) is 0. The number of hydrogen-bond acceptors (Lipinski definition) is 4. The molecule has 28 heavy (non-hydrogen) atoms. The summed E-state index contributed by atoms with van der Waals surface area (Å²) >= 11 is 12.9. The molecule has 0 radical (unpaired) electrons. The smallest absolute Gasteiger partial charge is 0.217 e. The molecule has 1 unspecified atom stereocenters. The van der Waals surface area contributed by atoms with E-state index in [0.29, 0.717) is 16.6 Å². The lowest BCUT2D eigenvalue weighted by Gasteiger charge is -2.37. The molecule has 0 aromatic heterocycles. The third-order valence-electron chi connectivity index (χ3n) is 5.34. The summed E-state index contributed by atoms with van der Waals surface area (Å²) in [5.74, 6) is 0.667. The summed E-state index contributed by atoms with van der Waals surface area (Å²) in [5.41, 5.74) is 1.20. The van der Waals surface area contributed by atoms with Crippen molar-refractivity contribution in [2.75, 3.05) is 26.2 Å². The Hall–Kier alpha value is -1.53. The van der Waals surface area contributed by atoms with E-state index in [4.69, 9.17) is 23.2 Å². The first kappa shape index (κ1) is 21.2. The molecule has 7 heteroatoms. The van der Waals surface area contributed by atoms with Gasteiger partial charge in [0.2, 0.25) is 5.91 Å². The number of benzene rings is 1. The Morgan fingerprint density at radius 3 is 2.82 bits per heavy atom. The highest BCUT2D eigenvalue weighted by Gasteiger charge is 2.33. The number of amides is 1. The predicted octanol–water partition coefficient (Wildman–Crippen LogP) is 3.30. The van der Waals surface area contributed by atoms with Gasteiger partial charge in [0.25, 0.3) is 0 Å². The molecule has 3 rings (SSSR count). The molecule has 1 saturated heterocycles. The summed E-state index contributed by atoms with van der Waals surface area (Å²) in [4.78, 5) is 11.3. The van der Waals surface area contributed by atoms with Crippen LogP contribution in [0.1, 0.15) is 31.7 Å². The second kappa shape index (κ2) is 9.79. The number of rotatable bonds is 7. The Morgan fingerprint density at radius 2 is 2.07 bits per heavy atom. The molecule has 152 valence electrons. The zero-order valence-corrected chi connectivity index (χ0v) is 17.7. The fourth-order valence-electron chi connectivity index (χ4n) is 3.79. The van der Waals surface area contributed by atoms with Crippen LogP contribution in [0.2, 0.25) is 10.0 Å². The van der Waals surface area contributed by atoms with Gasteiger partial charge in [0.05, 0.1) is 10.0 Å². The maximum atomic E-state index is 11.3. The molecule has 1 aromatic rings. The van der Waals surface area contributed by atoms with Crippen LogP contribution in [0.4, 0.5) is 0 Å². The molecular weight excluding hydrogens is 395 g/mol. The fourth-order valence-corrected chi connectivity index (χ4v) is 4.24. The first-order valence-corrected chi connectivity index (χ1v) is 10.6. The van der Waals surface area contributed by atoms with Crippen molar-refractivity contribution in [1.82, 2.24) is 21.3 Å². The van der Waals surface area contributed by atoms with Crippen LogP contribution in [-0.4, -0.2) is 32.1 Å². The minimum atomic E-state index is -0.669. The molecule has 1 aromatic carbocycles. The largest absolute Gasteiger partial charge is 0.366 e. The summed E-state index contributed by atoms with van der Waals surface area (Å²) in [6.07, 6.45) is 9.46. The molecule has 2 aliphatic rings. The molecule has 1 amide bonds. The van der Waals surface area contributed by atoms with E-state index in [-0.39, 0.29) is 5.91 Å². The lowest BCUT2D eigenvalue weighted by Crippen LogP contribution is -2.53. The summed E-state index contributed by atoms with van der Waals surface area (Å²) in [6, 6.07) is 5.67. The number of carbonyl (C=O) groups is 1. The Labute approximate surface area is 176 Å². The van der Waals surface area contributed by atoms with Crippen molar-refractivity contribution in [3.63, 3.8) is 0 Å². The molecule has 0 bridgehead atoms. The number of dihydropyridines is 1. The van der Waals surface area contributed by atoms with Crippen molar-refractivity contribution in [3.05, 3.63) is 57.7 Å². The first-order valence-electron chi connectivity index (χ1n) is 9.81. The van der Waals surface area contributed by atoms with Gasteiger partial charge in [-0.25, -0.2) is 0 Å². The molecule has 2 heterocycles. The van der Waals surface area contributed by atoms with Crippen molar-refractivity contribution in [3.8, 4) is 0 Å². The standard InChI is InChI=1S/C21H28Cl2N4O/c1-15(28)25-14-17-8-12-27-21(13-17,18-3-2-4-19(22)20(18)23)26-11-7-16-5-9-24-10-6-16/h2-4,8,12-13,16,24,26-27H,5-7,9-11,14H2,1H3,(H,25,28). The molecular formula is C21H28Cl2N4O. The van der Waals surface area contributed by atoms with Gasteiger partial charge in [0.15, 0.2) is 0 Å². The van der Waals surface area contributed by atoms with E-state index in [1.165, 1.54) is 19.8 Å². The van der Waals surface area contributed by atoms with E-state index in [1.54, 1.807) is 6.07 Å². The zero-order valence-electron chi connectivity index (χ0n) is 16.2. The van der Waals surface area contributed by atoms with Crippen LogP contribution in [0.5, 0.6) is 0 Å². The third kappa shape index (κ3) is 5.29. The molecule has 5 nitrogen and oxygen atoms in total. The number of nitrogens with one attached hydrogen (secondary N) is 4. The van der Waals surface area contributed by atoms with E-state index in [0.717, 1.165) is 43.1 Å². The Morgan fingerprint density at radius 1 is 1.29 bits per heavy atom. The lowest BCUT2D eigenvalue weighted by atomic mass is 9.91. The Kier molecular flexibility index (Phi) is 7.41. The van der Waals surface area contributed by atoms with E-state index in [1.807, 2.05) is 24.4 Å². The molecule has 0 saturated carbocycles. The van der Waals surface area contributed by atoms with Crippen LogP contribution in [0.25, 0.3) is 0 Å². The lowest BCUT2D eigenvalue weighted by molar-refractivity contribution is -0.118. The maximum Gasteiger partial charge on any atom is 0.217 e. The SMILES string of the molecule is CC(=O)NCC1=CC(NCCC2CCNCC2)(c2cccc(Cl)c2Cl)NC=C1. The van der Waals surface area contributed by atoms with Crippen molar-refractivity contribution < 1.29 is 4.79 Å². The highest BCUT2D eigenvalue weighted by atomic mass is 35.5. The van der Waals surface area contributed by atoms with Crippen LogP contribution in [-0.2, 0) is 10.5 Å². The third-order valence-corrected chi connectivity index (χ3v) is 6.16. The highest BCUT2D eigenvalue weighted by molar-refractivity contribution is 6.42. The average Bonchev–Trinajstić information content (AvgIpc) is 2.69. The van der Waals surface area contributed by atoms with Crippen LogP contribution in [0.3, 0.4) is 0 Å². The van der Waals surface area contributed by atoms with E-state index >= 15 is 0 Å². The van der Waals surface area contributed by atoms with Crippen molar-refractivity contribution in [1.29, 1.82) is 0 Å². The Balaban J connectivity index is 1.82. The zero-order chi connectivity index (χ0) is 20.0. The molecule has 2 aliphatic heterocycles. The predicted molar refractivity (Wildman–Crippen MR) is 115 cm³/mol. The molecule has 0 aliphatic carbocycles. The van der Waals surface area contributed by atoms with Gasteiger partial charge < -0.3 is 16.0 Å². The topological polar surface area (TPSA) is 65.2 Å². The molecule has 4 N–H and O–H groups in total. The van der Waals surface area contributed by atoms with Gasteiger partial charge in [-0.05, 0) is 74.8 Å².